The molecule has 0 nitrogen and oxygen atoms in total. The molecule has 1 aromatic rings. The van der Waals surface area contributed by atoms with Gasteiger partial charge in [-0.25, -0.2) is 0 Å². The summed E-state index contributed by atoms with van der Waals surface area (Å²) >= 11 is 4.10. The third kappa shape index (κ3) is 49.5. The molecule has 0 aliphatic rings. The molecule has 0 saturated heterocycles. The van der Waals surface area contributed by atoms with E-state index in [1.807, 2.05) is 6.07 Å². The number of benzene rings is 1. The van der Waals surface area contributed by atoms with E-state index in [9.17, 15) is 0 Å². The zero-order chi connectivity index (χ0) is 16.0. The van der Waals surface area contributed by atoms with Crippen LogP contribution in [0.4, 0.5) is 0 Å². The first-order chi connectivity index (χ1) is 9.31. The van der Waals surface area contributed by atoms with Crippen molar-refractivity contribution < 1.29 is 0 Å². The van der Waals surface area contributed by atoms with Crippen molar-refractivity contribution in [1.82, 2.24) is 0 Å². The highest BCUT2D eigenvalue weighted by Crippen LogP contribution is 2.11. The molecule has 0 bridgehead atoms. The molecule has 0 amide bonds. The van der Waals surface area contributed by atoms with Crippen LogP contribution in [0.2, 0.25) is 0 Å². The van der Waals surface area contributed by atoms with Gasteiger partial charge in [0.25, 0.3) is 0 Å². The maximum atomic E-state index is 4.10. The number of hydrogen-bond donors (Lipinski definition) is 1. The molecule has 0 heterocycles. The van der Waals surface area contributed by atoms with E-state index in [2.05, 4.69) is 85.4 Å². The van der Waals surface area contributed by atoms with Crippen molar-refractivity contribution >= 4 is 12.6 Å². The van der Waals surface area contributed by atoms with Gasteiger partial charge in [-0.1, -0.05) is 130 Å². The van der Waals surface area contributed by atoms with E-state index >= 15 is 0 Å². The largest absolute Gasteiger partial charge is 0.179 e. The molecule has 0 fully saturated rings. The van der Waals surface area contributed by atoms with Gasteiger partial charge in [-0.15, -0.1) is 0 Å². The summed E-state index contributed by atoms with van der Waals surface area (Å²) in [5, 5.41) is 0. The summed E-state index contributed by atoms with van der Waals surface area (Å²) in [7, 11) is 0. The molecule has 0 radical (unpaired) electrons. The molecule has 26 heavy (non-hydrogen) atoms. The minimum absolute atomic E-state index is 0. The maximum absolute atomic E-state index is 4.10. The molecule has 1 rings (SSSR count). The quantitative estimate of drug-likeness (QED) is 0.484. The average Bonchev–Trinajstić information content (AvgIpc) is 2.37. The predicted molar refractivity (Wildman–Crippen MR) is 139 cm³/mol. The summed E-state index contributed by atoms with van der Waals surface area (Å²) in [6.07, 6.45) is 2.59. The van der Waals surface area contributed by atoms with Crippen LogP contribution in [0.25, 0.3) is 0 Å². The van der Waals surface area contributed by atoms with E-state index in [0.29, 0.717) is 5.92 Å². The lowest BCUT2D eigenvalue weighted by molar-refractivity contribution is 0.579. The Morgan fingerprint density at radius 3 is 1.19 bits per heavy atom. The minimum Gasteiger partial charge on any atom is -0.179 e. The molecular weight excluding hydrogens is 332 g/mol. The number of thiol groups is 1. The molecule has 166 valence electrons. The van der Waals surface area contributed by atoms with E-state index in [1.54, 1.807) is 0 Å². The summed E-state index contributed by atoms with van der Waals surface area (Å²) in [5.74, 6) is 3.39. The highest BCUT2D eigenvalue weighted by Gasteiger charge is 1.93. The number of rotatable bonds is 4. The van der Waals surface area contributed by atoms with Crippen molar-refractivity contribution in [2.45, 2.75) is 112 Å². The molecule has 1 aromatic carbocycles. The van der Waals surface area contributed by atoms with Crippen molar-refractivity contribution in [3.63, 3.8) is 0 Å². The van der Waals surface area contributed by atoms with E-state index in [0.717, 1.165) is 17.6 Å². The Kier molecular flexibility index (Phi) is 68.5. The monoisotopic (exact) mass is 392 g/mol. The van der Waals surface area contributed by atoms with Gasteiger partial charge in [0.2, 0.25) is 0 Å². The van der Waals surface area contributed by atoms with E-state index < -0.39 is 0 Å². The summed E-state index contributed by atoms with van der Waals surface area (Å²) < 4.78 is 0. The van der Waals surface area contributed by atoms with Crippen molar-refractivity contribution in [3.05, 3.63) is 35.9 Å². The molecular formula is C25H60S. The summed E-state index contributed by atoms with van der Waals surface area (Å²) in [5.41, 5.74) is 1.41. The zero-order valence-electron chi connectivity index (χ0n) is 14.7. The Morgan fingerprint density at radius 1 is 0.692 bits per heavy atom. The smallest absolute Gasteiger partial charge is 0.00978 e. The molecule has 0 aliphatic heterocycles. The third-order valence-electron chi connectivity index (χ3n) is 2.41. The molecule has 0 aromatic heterocycles. The van der Waals surface area contributed by atoms with Gasteiger partial charge < -0.3 is 0 Å². The minimum atomic E-state index is 0. The normalized spacial score (nSPS) is 7.65. The fourth-order valence-electron chi connectivity index (χ4n) is 1.34. The lowest BCUT2D eigenvalue weighted by atomic mass is 10.0. The molecule has 0 aliphatic carbocycles. The number of hydrogen-bond acceptors (Lipinski definition) is 1. The standard InChI is InChI=1S/C9H12.C6H14S.C4H10.6CH4/c1-8(2)9-6-4-3-5-7-9;1-6(2)4-3-5-7;1-4(2)3;;;;;;/h3-8H,1-2H3;6-7H,3-5H2,1-2H3;4H,1-3H3;6*1H4. The van der Waals surface area contributed by atoms with Crippen LogP contribution in [0.5, 0.6) is 0 Å². The van der Waals surface area contributed by atoms with Crippen LogP contribution in [-0.2, 0) is 0 Å². The van der Waals surface area contributed by atoms with Gasteiger partial charge in [0.05, 0.1) is 0 Å². The SMILES string of the molecule is C.C.C.C.C.C.CC(C)C.CC(C)CCCS.CC(C)c1ccccc1. The topological polar surface area (TPSA) is 0 Å². The van der Waals surface area contributed by atoms with Crippen LogP contribution >= 0.6 is 12.6 Å². The Hall–Kier alpha value is -0.430. The highest BCUT2D eigenvalue weighted by molar-refractivity contribution is 7.80. The average molecular weight is 393 g/mol. The van der Waals surface area contributed by atoms with E-state index in [1.165, 1.54) is 18.4 Å². The van der Waals surface area contributed by atoms with Crippen molar-refractivity contribution in [1.29, 1.82) is 0 Å². The second-order valence-electron chi connectivity index (χ2n) is 6.56. The first-order valence-electron chi connectivity index (χ1n) is 7.97. The van der Waals surface area contributed by atoms with Crippen molar-refractivity contribution in [3.8, 4) is 0 Å². The van der Waals surface area contributed by atoms with Crippen LogP contribution in [0.15, 0.2) is 30.3 Å². The second kappa shape index (κ2) is 35.6. The molecule has 1 heteroatoms. The van der Waals surface area contributed by atoms with E-state index in [4.69, 9.17) is 0 Å². The van der Waals surface area contributed by atoms with Gasteiger partial charge in [-0.2, -0.15) is 12.6 Å². The summed E-state index contributed by atoms with van der Waals surface area (Å²) in [4.78, 5) is 0. The Bertz CT molecular complexity index is 273. The molecule has 0 N–H and O–H groups in total. The van der Waals surface area contributed by atoms with Gasteiger partial charge in [0, 0.05) is 0 Å². The van der Waals surface area contributed by atoms with Crippen molar-refractivity contribution in [2.24, 2.45) is 11.8 Å². The van der Waals surface area contributed by atoms with Gasteiger partial charge in [0.1, 0.15) is 0 Å². The van der Waals surface area contributed by atoms with Gasteiger partial charge >= 0.3 is 0 Å². The lowest BCUT2D eigenvalue weighted by Crippen LogP contribution is -1.85. The predicted octanol–water partition coefficient (Wildman–Crippen LogP) is 10.6. The van der Waals surface area contributed by atoms with Crippen LogP contribution in [0.1, 0.15) is 117 Å². The van der Waals surface area contributed by atoms with Crippen LogP contribution in [-0.4, -0.2) is 5.75 Å². The maximum Gasteiger partial charge on any atom is -0.00978 e. The Labute approximate surface area is 178 Å². The van der Waals surface area contributed by atoms with Gasteiger partial charge in [-0.05, 0) is 35.5 Å². The molecule has 0 saturated carbocycles. The summed E-state index contributed by atoms with van der Waals surface area (Å²) in [6.45, 7) is 15.4. The second-order valence-corrected chi connectivity index (χ2v) is 7.00. The Morgan fingerprint density at radius 2 is 1.04 bits per heavy atom. The molecule has 0 atom stereocenters. The van der Waals surface area contributed by atoms with Crippen LogP contribution in [0.3, 0.4) is 0 Å². The summed E-state index contributed by atoms with van der Waals surface area (Å²) in [6, 6.07) is 10.5. The fraction of sp³-hybridized carbons (Fsp3) is 0.760. The first-order valence-corrected chi connectivity index (χ1v) is 8.60. The molecule has 0 unspecified atom stereocenters. The highest BCUT2D eigenvalue weighted by atomic mass is 32.1. The van der Waals surface area contributed by atoms with Gasteiger partial charge in [-0.3, -0.25) is 0 Å². The third-order valence-corrected chi connectivity index (χ3v) is 2.72. The zero-order valence-corrected chi connectivity index (χ0v) is 15.6. The van der Waals surface area contributed by atoms with E-state index in [-0.39, 0.29) is 44.6 Å². The van der Waals surface area contributed by atoms with Crippen LogP contribution in [0, 0.1) is 11.8 Å². The van der Waals surface area contributed by atoms with Gasteiger partial charge in [0.15, 0.2) is 0 Å². The Balaban J connectivity index is -0.0000000294. The molecule has 0 spiro atoms. The van der Waals surface area contributed by atoms with Crippen molar-refractivity contribution in [2.75, 3.05) is 5.75 Å². The first kappa shape index (κ1) is 50.0. The fourth-order valence-corrected chi connectivity index (χ4v) is 1.52. The van der Waals surface area contributed by atoms with Crippen LogP contribution < -0.4 is 0 Å². The lowest BCUT2D eigenvalue weighted by Gasteiger charge is -2.01.